The van der Waals surface area contributed by atoms with Crippen molar-refractivity contribution in [1.82, 2.24) is 9.34 Å². The number of hydrogen-bond acceptors (Lipinski definition) is 4. The molecular formula is C28H24N2O2P2. The van der Waals surface area contributed by atoms with Gasteiger partial charge in [-0.05, 0) is 35.4 Å². The SMILES string of the molecule is c1ccc2c(c1)OP(N1CCN(P3Oc4ccccc4-c4ccccc43)CC1)c1ccccc1-2. The van der Waals surface area contributed by atoms with Gasteiger partial charge >= 0.3 is 0 Å². The number of benzene rings is 4. The summed E-state index contributed by atoms with van der Waals surface area (Å²) in [6, 6.07) is 34.3. The van der Waals surface area contributed by atoms with E-state index in [0.29, 0.717) is 0 Å². The summed E-state index contributed by atoms with van der Waals surface area (Å²) < 4.78 is 18.3. The van der Waals surface area contributed by atoms with Crippen LogP contribution in [0.25, 0.3) is 22.3 Å². The molecule has 3 heterocycles. The fraction of sp³-hybridized carbons (Fsp3) is 0.143. The molecule has 1 saturated heterocycles. The van der Waals surface area contributed by atoms with E-state index in [9.17, 15) is 0 Å². The molecule has 4 aromatic rings. The maximum Gasteiger partial charge on any atom is 0.197 e. The highest BCUT2D eigenvalue weighted by Gasteiger charge is 2.37. The third-order valence-corrected chi connectivity index (χ3v) is 10.9. The molecule has 0 spiro atoms. The lowest BCUT2D eigenvalue weighted by molar-refractivity contribution is 0.273. The van der Waals surface area contributed by atoms with Gasteiger partial charge < -0.3 is 9.05 Å². The third-order valence-electron chi connectivity index (χ3n) is 6.69. The summed E-state index contributed by atoms with van der Waals surface area (Å²) in [5, 5.41) is 2.65. The molecule has 1 fully saturated rings. The fourth-order valence-corrected chi connectivity index (χ4v) is 9.07. The summed E-state index contributed by atoms with van der Waals surface area (Å²) >= 11 is 0. The molecule has 4 aromatic carbocycles. The number of fused-ring (bicyclic) bond motifs is 6. The third kappa shape index (κ3) is 3.37. The Kier molecular flexibility index (Phi) is 5.14. The topological polar surface area (TPSA) is 24.9 Å². The van der Waals surface area contributed by atoms with Crippen LogP contribution in [-0.4, -0.2) is 35.5 Å². The molecule has 0 amide bonds. The van der Waals surface area contributed by atoms with Crippen molar-refractivity contribution < 1.29 is 9.05 Å². The summed E-state index contributed by atoms with van der Waals surface area (Å²) in [6.45, 7) is 3.87. The first-order valence-corrected chi connectivity index (χ1v) is 14.1. The maximum atomic E-state index is 6.63. The van der Waals surface area contributed by atoms with Gasteiger partial charge in [-0.1, -0.05) is 72.8 Å². The van der Waals surface area contributed by atoms with Crippen molar-refractivity contribution in [2.75, 3.05) is 26.2 Å². The molecule has 2 atom stereocenters. The molecule has 0 aromatic heterocycles. The fourth-order valence-electron chi connectivity index (χ4n) is 5.03. The smallest absolute Gasteiger partial charge is 0.197 e. The van der Waals surface area contributed by atoms with E-state index in [4.69, 9.17) is 9.05 Å². The second kappa shape index (κ2) is 8.48. The lowest BCUT2D eigenvalue weighted by Crippen LogP contribution is -2.45. The highest BCUT2D eigenvalue weighted by molar-refractivity contribution is 7.60. The van der Waals surface area contributed by atoms with Crippen molar-refractivity contribution in [3.8, 4) is 33.8 Å². The van der Waals surface area contributed by atoms with Crippen LogP contribution in [0.2, 0.25) is 0 Å². The number of piperazine rings is 1. The van der Waals surface area contributed by atoms with Gasteiger partial charge in [-0.3, -0.25) is 0 Å². The minimum absolute atomic E-state index is 0.851. The molecule has 0 N–H and O–H groups in total. The summed E-state index contributed by atoms with van der Waals surface area (Å²) in [5.74, 6) is 2.00. The lowest BCUT2D eigenvalue weighted by Gasteiger charge is -2.43. The van der Waals surface area contributed by atoms with Crippen LogP contribution in [-0.2, 0) is 0 Å². The quantitative estimate of drug-likeness (QED) is 0.328. The second-order valence-electron chi connectivity index (χ2n) is 8.66. The van der Waals surface area contributed by atoms with Crippen LogP contribution in [0.15, 0.2) is 97.1 Å². The minimum Gasteiger partial charge on any atom is -0.453 e. The van der Waals surface area contributed by atoms with Gasteiger partial charge in [-0.25, -0.2) is 9.34 Å². The molecule has 4 nitrogen and oxygen atoms in total. The van der Waals surface area contributed by atoms with Crippen LogP contribution in [0.5, 0.6) is 11.5 Å². The monoisotopic (exact) mass is 482 g/mol. The van der Waals surface area contributed by atoms with Crippen LogP contribution >= 0.6 is 16.6 Å². The van der Waals surface area contributed by atoms with E-state index >= 15 is 0 Å². The molecule has 7 rings (SSSR count). The number of para-hydroxylation sites is 2. The minimum atomic E-state index is -0.851. The Morgan fingerprint density at radius 1 is 0.441 bits per heavy atom. The van der Waals surface area contributed by atoms with Crippen LogP contribution < -0.4 is 19.7 Å². The normalized spacial score (nSPS) is 21.3. The summed E-state index contributed by atoms with van der Waals surface area (Å²) in [6.07, 6.45) is 0. The van der Waals surface area contributed by atoms with Crippen molar-refractivity contribution in [3.05, 3.63) is 97.1 Å². The zero-order chi connectivity index (χ0) is 22.5. The summed E-state index contributed by atoms with van der Waals surface area (Å²) in [4.78, 5) is 0. The Morgan fingerprint density at radius 3 is 1.24 bits per heavy atom. The summed E-state index contributed by atoms with van der Waals surface area (Å²) in [5.41, 5.74) is 5.02. The zero-order valence-corrected chi connectivity index (χ0v) is 20.5. The Hall–Kier alpha value is -2.74. The van der Waals surface area contributed by atoms with Crippen LogP contribution in [0.1, 0.15) is 0 Å². The number of nitrogens with zero attached hydrogens (tertiary/aromatic N) is 2. The molecule has 0 aliphatic carbocycles. The van der Waals surface area contributed by atoms with Gasteiger partial charge in [0, 0.05) is 47.9 Å². The van der Waals surface area contributed by atoms with Gasteiger partial charge in [-0.2, -0.15) is 0 Å². The van der Waals surface area contributed by atoms with Crippen molar-refractivity contribution in [2.45, 2.75) is 0 Å². The van der Waals surface area contributed by atoms with Crippen LogP contribution in [0, 0.1) is 0 Å². The van der Waals surface area contributed by atoms with Gasteiger partial charge in [-0.15, -0.1) is 0 Å². The Morgan fingerprint density at radius 2 is 0.794 bits per heavy atom. The molecule has 3 aliphatic heterocycles. The van der Waals surface area contributed by atoms with Gasteiger partial charge in [0.15, 0.2) is 16.6 Å². The van der Waals surface area contributed by atoms with Crippen LogP contribution in [0.3, 0.4) is 0 Å². The number of hydrogen-bond donors (Lipinski definition) is 0. The molecule has 168 valence electrons. The molecule has 34 heavy (non-hydrogen) atoms. The van der Waals surface area contributed by atoms with E-state index in [0.717, 1.165) is 37.7 Å². The van der Waals surface area contributed by atoms with Crippen molar-refractivity contribution in [3.63, 3.8) is 0 Å². The first-order chi connectivity index (χ1) is 16.9. The highest BCUT2D eigenvalue weighted by Crippen LogP contribution is 2.54. The van der Waals surface area contributed by atoms with E-state index in [1.165, 1.54) is 32.9 Å². The highest BCUT2D eigenvalue weighted by atomic mass is 31.2. The maximum absolute atomic E-state index is 6.63. The Bertz CT molecular complexity index is 1260. The average Bonchev–Trinajstić information content (AvgIpc) is 2.92. The predicted octanol–water partition coefficient (Wildman–Crippen LogP) is 6.00. The molecule has 3 aliphatic rings. The van der Waals surface area contributed by atoms with Gasteiger partial charge in [0.2, 0.25) is 0 Å². The molecular weight excluding hydrogens is 458 g/mol. The summed E-state index contributed by atoms with van der Waals surface area (Å²) in [7, 11) is -1.70. The van der Waals surface area contributed by atoms with Crippen molar-refractivity contribution in [2.24, 2.45) is 0 Å². The second-order valence-corrected chi connectivity index (χ2v) is 12.2. The molecule has 2 unspecified atom stereocenters. The average molecular weight is 482 g/mol. The van der Waals surface area contributed by atoms with E-state index in [1.54, 1.807) is 0 Å². The van der Waals surface area contributed by atoms with E-state index in [-0.39, 0.29) is 0 Å². The van der Waals surface area contributed by atoms with Crippen molar-refractivity contribution >= 4 is 27.2 Å². The first-order valence-electron chi connectivity index (χ1n) is 11.7. The first kappa shape index (κ1) is 20.6. The van der Waals surface area contributed by atoms with Gasteiger partial charge in [0.25, 0.3) is 0 Å². The van der Waals surface area contributed by atoms with Crippen molar-refractivity contribution in [1.29, 1.82) is 0 Å². The molecule has 0 radical (unpaired) electrons. The molecule has 0 bridgehead atoms. The van der Waals surface area contributed by atoms with E-state index in [2.05, 4.69) is 106 Å². The Labute approximate surface area is 202 Å². The lowest BCUT2D eigenvalue weighted by atomic mass is 10.0. The number of rotatable bonds is 2. The van der Waals surface area contributed by atoms with E-state index < -0.39 is 16.6 Å². The van der Waals surface area contributed by atoms with E-state index in [1.807, 2.05) is 0 Å². The molecule has 6 heteroatoms. The largest absolute Gasteiger partial charge is 0.453 e. The standard InChI is InChI=1S/C28H24N2O2P2/c1-5-13-25-21(9-1)23-11-3-7-15-27(23)33(31-25)29-17-19-30(20-18-29)34-28-16-8-4-12-24(28)22-10-2-6-14-26(22)32-34/h1-16H,17-20H2. The van der Waals surface area contributed by atoms with Gasteiger partial charge in [0.1, 0.15) is 11.5 Å². The Balaban J connectivity index is 1.14. The van der Waals surface area contributed by atoms with Crippen LogP contribution in [0.4, 0.5) is 0 Å². The van der Waals surface area contributed by atoms with Gasteiger partial charge in [0.05, 0.1) is 0 Å². The zero-order valence-electron chi connectivity index (χ0n) is 18.7. The predicted molar refractivity (Wildman–Crippen MR) is 141 cm³/mol. The molecule has 0 saturated carbocycles.